The Labute approximate surface area is 181 Å². The van der Waals surface area contributed by atoms with Crippen LogP contribution in [0.5, 0.6) is 0 Å². The summed E-state index contributed by atoms with van der Waals surface area (Å²) in [5, 5.41) is 9.19. The topological polar surface area (TPSA) is 64.1 Å². The number of rotatable bonds is 5. The van der Waals surface area contributed by atoms with Crippen LogP contribution in [-0.2, 0) is 9.59 Å². The lowest BCUT2D eigenvalue weighted by Gasteiger charge is -2.36. The number of anilines is 1. The molecule has 7 heteroatoms. The molecule has 4 rings (SSSR count). The molecule has 2 heterocycles. The Hall–Kier alpha value is -3.03. The zero-order valence-electron chi connectivity index (χ0n) is 17.8. The third-order valence-corrected chi connectivity index (χ3v) is 5.90. The lowest BCUT2D eigenvalue weighted by atomic mass is 10.0. The van der Waals surface area contributed by atoms with Gasteiger partial charge in [0.2, 0.25) is 0 Å². The summed E-state index contributed by atoms with van der Waals surface area (Å²) in [6.45, 7) is 6.97. The van der Waals surface area contributed by atoms with Gasteiger partial charge >= 0.3 is 0 Å². The standard InChI is InChI=1S/C24H26FN3O3/c1-16-3-4-17(2)20(15-16)28-23(30)21(18-5-7-19(25)8-6-18)22(24(28)31)27-11-9-26(10-12-27)13-14-29/h3-8,15,29H,9-14H2,1-2H3. The summed E-state index contributed by atoms with van der Waals surface area (Å²) < 4.78 is 13.5. The fraction of sp³-hybridized carbons (Fsp3) is 0.333. The number of benzene rings is 2. The van der Waals surface area contributed by atoms with Crippen molar-refractivity contribution in [2.24, 2.45) is 0 Å². The van der Waals surface area contributed by atoms with Crippen molar-refractivity contribution in [3.63, 3.8) is 0 Å². The number of carbonyl (C=O) groups is 2. The van der Waals surface area contributed by atoms with E-state index in [4.69, 9.17) is 0 Å². The second-order valence-electron chi connectivity index (χ2n) is 8.02. The normalized spacial score (nSPS) is 17.8. The molecule has 2 aliphatic heterocycles. The van der Waals surface area contributed by atoms with E-state index in [9.17, 15) is 19.1 Å². The Morgan fingerprint density at radius 1 is 0.935 bits per heavy atom. The number of amides is 2. The van der Waals surface area contributed by atoms with Crippen LogP contribution in [0, 0.1) is 19.7 Å². The largest absolute Gasteiger partial charge is 0.395 e. The predicted molar refractivity (Wildman–Crippen MR) is 117 cm³/mol. The number of carbonyl (C=O) groups excluding carboxylic acids is 2. The van der Waals surface area contributed by atoms with Crippen molar-refractivity contribution in [3.8, 4) is 0 Å². The van der Waals surface area contributed by atoms with Crippen molar-refractivity contribution < 1.29 is 19.1 Å². The molecule has 1 fully saturated rings. The van der Waals surface area contributed by atoms with Crippen LogP contribution in [0.3, 0.4) is 0 Å². The number of aryl methyl sites for hydroxylation is 2. The van der Waals surface area contributed by atoms with Crippen LogP contribution in [0.4, 0.5) is 10.1 Å². The molecule has 0 atom stereocenters. The van der Waals surface area contributed by atoms with E-state index >= 15 is 0 Å². The van der Waals surface area contributed by atoms with Gasteiger partial charge in [-0.2, -0.15) is 0 Å². The van der Waals surface area contributed by atoms with Crippen LogP contribution in [0.15, 0.2) is 48.2 Å². The van der Waals surface area contributed by atoms with E-state index in [1.807, 2.05) is 36.9 Å². The van der Waals surface area contributed by atoms with Crippen LogP contribution in [-0.4, -0.2) is 66.1 Å². The molecule has 0 aromatic heterocycles. The first-order chi connectivity index (χ1) is 14.9. The van der Waals surface area contributed by atoms with Gasteiger partial charge in [0, 0.05) is 32.7 Å². The number of piperazine rings is 1. The third-order valence-electron chi connectivity index (χ3n) is 5.90. The number of β-amino-alcohol motifs (C(OH)–C–C–N with tert-alkyl or cyclic N) is 1. The minimum atomic E-state index is -0.397. The first-order valence-corrected chi connectivity index (χ1v) is 10.4. The molecule has 0 radical (unpaired) electrons. The van der Waals surface area contributed by atoms with Gasteiger partial charge in [-0.15, -0.1) is 0 Å². The first kappa shape index (κ1) is 21.2. The molecule has 162 valence electrons. The highest BCUT2D eigenvalue weighted by Gasteiger charge is 2.43. The quantitative estimate of drug-likeness (QED) is 0.748. The molecular formula is C24H26FN3O3. The Balaban J connectivity index is 1.77. The second-order valence-corrected chi connectivity index (χ2v) is 8.02. The zero-order valence-corrected chi connectivity index (χ0v) is 17.8. The first-order valence-electron chi connectivity index (χ1n) is 10.4. The van der Waals surface area contributed by atoms with Gasteiger partial charge in [-0.3, -0.25) is 14.5 Å². The third kappa shape index (κ3) is 3.98. The number of hydrogen-bond acceptors (Lipinski definition) is 5. The molecule has 0 aliphatic carbocycles. The maximum atomic E-state index is 13.6. The summed E-state index contributed by atoms with van der Waals surface area (Å²) in [7, 11) is 0. The Morgan fingerprint density at radius 3 is 2.26 bits per heavy atom. The molecular weight excluding hydrogens is 397 g/mol. The summed E-state index contributed by atoms with van der Waals surface area (Å²) in [6.07, 6.45) is 0. The Bertz CT molecular complexity index is 1040. The van der Waals surface area contributed by atoms with E-state index in [1.165, 1.54) is 17.0 Å². The van der Waals surface area contributed by atoms with Crippen molar-refractivity contribution in [3.05, 3.63) is 70.7 Å². The summed E-state index contributed by atoms with van der Waals surface area (Å²) >= 11 is 0. The smallest absolute Gasteiger partial charge is 0.282 e. The van der Waals surface area contributed by atoms with E-state index in [1.54, 1.807) is 12.1 Å². The molecule has 31 heavy (non-hydrogen) atoms. The fourth-order valence-electron chi connectivity index (χ4n) is 4.20. The van der Waals surface area contributed by atoms with E-state index < -0.39 is 11.7 Å². The highest BCUT2D eigenvalue weighted by molar-refractivity contribution is 6.45. The van der Waals surface area contributed by atoms with Crippen LogP contribution in [0.1, 0.15) is 16.7 Å². The SMILES string of the molecule is Cc1ccc(C)c(N2C(=O)C(c3ccc(F)cc3)=C(N3CCN(CCO)CC3)C2=O)c1. The maximum absolute atomic E-state index is 13.6. The Morgan fingerprint density at radius 2 is 1.61 bits per heavy atom. The van der Waals surface area contributed by atoms with E-state index in [0.717, 1.165) is 11.1 Å². The van der Waals surface area contributed by atoms with Gasteiger partial charge in [0.1, 0.15) is 11.5 Å². The molecule has 1 N–H and O–H groups in total. The van der Waals surface area contributed by atoms with Crippen molar-refractivity contribution in [1.29, 1.82) is 0 Å². The molecule has 2 aliphatic rings. The van der Waals surface area contributed by atoms with Crippen molar-refractivity contribution in [2.75, 3.05) is 44.2 Å². The molecule has 0 spiro atoms. The molecule has 1 saturated heterocycles. The number of halogens is 1. The van der Waals surface area contributed by atoms with E-state index in [-0.39, 0.29) is 12.5 Å². The van der Waals surface area contributed by atoms with Gasteiger partial charge in [0.15, 0.2) is 0 Å². The van der Waals surface area contributed by atoms with E-state index in [2.05, 4.69) is 4.90 Å². The highest BCUT2D eigenvalue weighted by atomic mass is 19.1. The van der Waals surface area contributed by atoms with Crippen LogP contribution < -0.4 is 4.90 Å². The van der Waals surface area contributed by atoms with Crippen molar-refractivity contribution in [1.82, 2.24) is 9.80 Å². The number of hydrogen-bond donors (Lipinski definition) is 1. The number of imide groups is 1. The Kier molecular flexibility index (Phi) is 5.89. The lowest BCUT2D eigenvalue weighted by Crippen LogP contribution is -2.48. The van der Waals surface area contributed by atoms with Gasteiger partial charge in [0.05, 0.1) is 17.9 Å². The second kappa shape index (κ2) is 8.61. The molecule has 6 nitrogen and oxygen atoms in total. The number of nitrogens with zero attached hydrogens (tertiary/aromatic N) is 3. The van der Waals surface area contributed by atoms with Crippen molar-refractivity contribution >= 4 is 23.1 Å². The lowest BCUT2D eigenvalue weighted by molar-refractivity contribution is -0.120. The van der Waals surface area contributed by atoms with Gasteiger partial charge < -0.3 is 10.0 Å². The maximum Gasteiger partial charge on any atom is 0.282 e. The summed E-state index contributed by atoms with van der Waals surface area (Å²) in [4.78, 5) is 32.5. The number of aliphatic hydroxyl groups excluding tert-OH is 1. The van der Waals surface area contributed by atoms with Crippen LogP contribution in [0.25, 0.3) is 5.57 Å². The molecule has 2 aromatic carbocycles. The molecule has 0 saturated carbocycles. The number of aliphatic hydroxyl groups is 1. The van der Waals surface area contributed by atoms with Gasteiger partial charge in [-0.1, -0.05) is 24.3 Å². The highest BCUT2D eigenvalue weighted by Crippen LogP contribution is 2.36. The van der Waals surface area contributed by atoms with Gasteiger partial charge in [-0.05, 0) is 48.7 Å². The van der Waals surface area contributed by atoms with Crippen molar-refractivity contribution in [2.45, 2.75) is 13.8 Å². The molecule has 2 amide bonds. The van der Waals surface area contributed by atoms with Gasteiger partial charge in [-0.25, -0.2) is 9.29 Å². The monoisotopic (exact) mass is 423 g/mol. The molecule has 0 unspecified atom stereocenters. The van der Waals surface area contributed by atoms with Gasteiger partial charge in [0.25, 0.3) is 11.8 Å². The summed E-state index contributed by atoms with van der Waals surface area (Å²) in [5.41, 5.74) is 3.56. The minimum Gasteiger partial charge on any atom is -0.395 e. The molecule has 2 aromatic rings. The predicted octanol–water partition coefficient (Wildman–Crippen LogP) is 2.34. The minimum absolute atomic E-state index is 0.0847. The fourth-order valence-corrected chi connectivity index (χ4v) is 4.20. The summed E-state index contributed by atoms with van der Waals surface area (Å²) in [5.74, 6) is -1.14. The average molecular weight is 423 g/mol. The average Bonchev–Trinajstić information content (AvgIpc) is 3.01. The molecule has 0 bridgehead atoms. The summed E-state index contributed by atoms with van der Waals surface area (Å²) in [6, 6.07) is 11.4. The zero-order chi connectivity index (χ0) is 22.1. The van der Waals surface area contributed by atoms with Crippen LogP contribution in [0.2, 0.25) is 0 Å². The van der Waals surface area contributed by atoms with E-state index in [0.29, 0.717) is 55.2 Å². The van der Waals surface area contributed by atoms with Crippen LogP contribution >= 0.6 is 0 Å².